The number of ketones is 1. The molecule has 1 aromatic rings. The van der Waals surface area contributed by atoms with Crippen LogP contribution in [0.4, 0.5) is 5.69 Å². The molecule has 0 radical (unpaired) electrons. The summed E-state index contributed by atoms with van der Waals surface area (Å²) in [6.07, 6.45) is 1.68. The van der Waals surface area contributed by atoms with Gasteiger partial charge in [-0.25, -0.2) is 0 Å². The molecule has 0 fully saturated rings. The summed E-state index contributed by atoms with van der Waals surface area (Å²) < 4.78 is 0. The van der Waals surface area contributed by atoms with Gasteiger partial charge in [0.1, 0.15) is 0 Å². The van der Waals surface area contributed by atoms with Crippen LogP contribution < -0.4 is 0 Å². The van der Waals surface area contributed by atoms with Crippen molar-refractivity contribution in [2.45, 2.75) is 33.6 Å². The van der Waals surface area contributed by atoms with E-state index < -0.39 is 10.3 Å². The molecule has 1 rings (SSSR count). The van der Waals surface area contributed by atoms with E-state index in [2.05, 4.69) is 0 Å². The minimum atomic E-state index is -0.483. The standard InChI is InChI=1S/C13H17NO3/c1-4-8-13(2,3)12(15)10-6-5-7-11(9-10)14(16)17/h5-7,9H,4,8H2,1-3H3. The number of benzene rings is 1. The van der Waals surface area contributed by atoms with Crippen molar-refractivity contribution in [2.75, 3.05) is 0 Å². The van der Waals surface area contributed by atoms with Crippen LogP contribution in [0.3, 0.4) is 0 Å². The summed E-state index contributed by atoms with van der Waals surface area (Å²) in [4.78, 5) is 22.4. The number of carbonyl (C=O) groups is 1. The van der Waals surface area contributed by atoms with E-state index in [9.17, 15) is 14.9 Å². The number of Topliss-reactive ketones (excluding diaryl/α,β-unsaturated/α-hetero) is 1. The number of nitro benzene ring substituents is 1. The monoisotopic (exact) mass is 235 g/mol. The highest BCUT2D eigenvalue weighted by molar-refractivity contribution is 6.00. The Balaban J connectivity index is 3.04. The molecule has 0 aliphatic rings. The zero-order valence-electron chi connectivity index (χ0n) is 10.4. The minimum Gasteiger partial charge on any atom is -0.294 e. The lowest BCUT2D eigenvalue weighted by Gasteiger charge is -2.22. The van der Waals surface area contributed by atoms with E-state index in [1.165, 1.54) is 12.1 Å². The number of nitrogens with zero attached hydrogens (tertiary/aromatic N) is 1. The van der Waals surface area contributed by atoms with Crippen molar-refractivity contribution in [3.63, 3.8) is 0 Å². The second kappa shape index (κ2) is 5.08. The van der Waals surface area contributed by atoms with E-state index in [0.29, 0.717) is 5.56 Å². The SMILES string of the molecule is CCCC(C)(C)C(=O)c1cccc([N+](=O)[O-])c1. The van der Waals surface area contributed by atoms with E-state index in [4.69, 9.17) is 0 Å². The van der Waals surface area contributed by atoms with Crippen LogP contribution in [0, 0.1) is 15.5 Å². The fourth-order valence-electron chi connectivity index (χ4n) is 1.89. The van der Waals surface area contributed by atoms with Gasteiger partial charge in [0.15, 0.2) is 5.78 Å². The maximum Gasteiger partial charge on any atom is 0.270 e. The predicted octanol–water partition coefficient (Wildman–Crippen LogP) is 3.60. The average molecular weight is 235 g/mol. The van der Waals surface area contributed by atoms with Crippen molar-refractivity contribution in [3.05, 3.63) is 39.9 Å². The highest BCUT2D eigenvalue weighted by Crippen LogP contribution is 2.28. The third-order valence-electron chi connectivity index (χ3n) is 2.81. The Morgan fingerprint density at radius 1 is 1.41 bits per heavy atom. The molecule has 0 saturated heterocycles. The molecule has 0 aliphatic heterocycles. The van der Waals surface area contributed by atoms with E-state index in [0.717, 1.165) is 12.8 Å². The largest absolute Gasteiger partial charge is 0.294 e. The Labute approximate surface area is 101 Å². The normalized spacial score (nSPS) is 11.2. The molecular weight excluding hydrogens is 218 g/mol. The maximum absolute atomic E-state index is 12.2. The first-order valence-electron chi connectivity index (χ1n) is 5.67. The van der Waals surface area contributed by atoms with E-state index in [1.54, 1.807) is 12.1 Å². The molecule has 0 aromatic heterocycles. The number of hydrogen-bond acceptors (Lipinski definition) is 3. The van der Waals surface area contributed by atoms with Gasteiger partial charge in [0.05, 0.1) is 4.92 Å². The third kappa shape index (κ3) is 3.12. The van der Waals surface area contributed by atoms with Gasteiger partial charge in [-0.05, 0) is 6.42 Å². The van der Waals surface area contributed by atoms with Gasteiger partial charge in [0.25, 0.3) is 5.69 Å². The predicted molar refractivity (Wildman–Crippen MR) is 66.1 cm³/mol. The summed E-state index contributed by atoms with van der Waals surface area (Å²) in [6.45, 7) is 5.76. The molecule has 4 heteroatoms. The Kier molecular flexibility index (Phi) is 3.99. The summed E-state index contributed by atoms with van der Waals surface area (Å²) in [6, 6.07) is 5.92. The van der Waals surface area contributed by atoms with Crippen LogP contribution in [0.1, 0.15) is 44.0 Å². The molecule has 0 spiro atoms. The first-order chi connectivity index (χ1) is 7.88. The van der Waals surface area contributed by atoms with Crippen LogP contribution in [-0.4, -0.2) is 10.7 Å². The van der Waals surface area contributed by atoms with Gasteiger partial charge in [-0.2, -0.15) is 0 Å². The zero-order valence-corrected chi connectivity index (χ0v) is 10.4. The van der Waals surface area contributed by atoms with E-state index >= 15 is 0 Å². The van der Waals surface area contributed by atoms with Crippen LogP contribution in [0.15, 0.2) is 24.3 Å². The number of non-ortho nitro benzene ring substituents is 1. The Hall–Kier alpha value is -1.71. The molecular formula is C13H17NO3. The second-order valence-electron chi connectivity index (χ2n) is 4.77. The summed E-state index contributed by atoms with van der Waals surface area (Å²) >= 11 is 0. The molecule has 1 aromatic carbocycles. The first-order valence-corrected chi connectivity index (χ1v) is 5.67. The molecule has 0 heterocycles. The number of rotatable bonds is 5. The molecule has 0 saturated carbocycles. The van der Waals surface area contributed by atoms with Crippen LogP contribution in [0.25, 0.3) is 0 Å². The fourth-order valence-corrected chi connectivity index (χ4v) is 1.89. The van der Waals surface area contributed by atoms with Crippen LogP contribution in [0.5, 0.6) is 0 Å². The smallest absolute Gasteiger partial charge is 0.270 e. The van der Waals surface area contributed by atoms with Gasteiger partial charge in [-0.1, -0.05) is 39.3 Å². The molecule has 0 unspecified atom stereocenters. The Morgan fingerprint density at radius 3 is 2.59 bits per heavy atom. The van der Waals surface area contributed by atoms with Crippen molar-refractivity contribution in [3.8, 4) is 0 Å². The lowest BCUT2D eigenvalue weighted by atomic mass is 9.80. The number of carbonyl (C=O) groups excluding carboxylic acids is 1. The van der Waals surface area contributed by atoms with Gasteiger partial charge in [-0.3, -0.25) is 14.9 Å². The van der Waals surface area contributed by atoms with Gasteiger partial charge >= 0.3 is 0 Å². The van der Waals surface area contributed by atoms with Crippen molar-refractivity contribution >= 4 is 11.5 Å². The summed E-state index contributed by atoms with van der Waals surface area (Å²) in [7, 11) is 0. The lowest BCUT2D eigenvalue weighted by Crippen LogP contribution is -2.24. The third-order valence-corrected chi connectivity index (χ3v) is 2.81. The minimum absolute atomic E-state index is 0.0388. The first kappa shape index (κ1) is 13.4. The molecule has 92 valence electrons. The summed E-state index contributed by atoms with van der Waals surface area (Å²) in [5.74, 6) is -0.0388. The van der Waals surface area contributed by atoms with Crippen LogP contribution in [0.2, 0.25) is 0 Å². The number of nitro groups is 1. The van der Waals surface area contributed by atoms with Crippen LogP contribution >= 0.6 is 0 Å². The van der Waals surface area contributed by atoms with Gasteiger partial charge < -0.3 is 0 Å². The molecule has 0 aliphatic carbocycles. The van der Waals surface area contributed by atoms with Crippen molar-refractivity contribution < 1.29 is 9.72 Å². The fraction of sp³-hybridized carbons (Fsp3) is 0.462. The molecule has 4 nitrogen and oxygen atoms in total. The van der Waals surface area contributed by atoms with Gasteiger partial charge in [0.2, 0.25) is 0 Å². The number of hydrogen-bond donors (Lipinski definition) is 0. The maximum atomic E-state index is 12.2. The molecule has 0 atom stereocenters. The van der Waals surface area contributed by atoms with Crippen LogP contribution in [-0.2, 0) is 0 Å². The lowest BCUT2D eigenvalue weighted by molar-refractivity contribution is -0.384. The van der Waals surface area contributed by atoms with Gasteiger partial charge in [-0.15, -0.1) is 0 Å². The average Bonchev–Trinajstić information content (AvgIpc) is 2.28. The molecule has 0 N–H and O–H groups in total. The molecule has 0 amide bonds. The van der Waals surface area contributed by atoms with Crippen molar-refractivity contribution in [2.24, 2.45) is 5.41 Å². The van der Waals surface area contributed by atoms with E-state index in [-0.39, 0.29) is 11.5 Å². The van der Waals surface area contributed by atoms with E-state index in [1.807, 2.05) is 20.8 Å². The zero-order chi connectivity index (χ0) is 13.1. The topological polar surface area (TPSA) is 60.2 Å². The highest BCUT2D eigenvalue weighted by atomic mass is 16.6. The Bertz CT molecular complexity index is 438. The van der Waals surface area contributed by atoms with Crippen molar-refractivity contribution in [1.82, 2.24) is 0 Å². The Morgan fingerprint density at radius 2 is 2.06 bits per heavy atom. The van der Waals surface area contributed by atoms with Crippen molar-refractivity contribution in [1.29, 1.82) is 0 Å². The highest BCUT2D eigenvalue weighted by Gasteiger charge is 2.28. The quantitative estimate of drug-likeness (QED) is 0.445. The second-order valence-corrected chi connectivity index (χ2v) is 4.77. The summed E-state index contributed by atoms with van der Waals surface area (Å²) in [5, 5.41) is 10.6. The molecule has 17 heavy (non-hydrogen) atoms. The van der Waals surface area contributed by atoms with Gasteiger partial charge in [0, 0.05) is 23.1 Å². The molecule has 0 bridgehead atoms. The summed E-state index contributed by atoms with van der Waals surface area (Å²) in [5.41, 5.74) is -0.0925.